The van der Waals surface area contributed by atoms with Crippen molar-refractivity contribution in [2.75, 3.05) is 13.6 Å². The van der Waals surface area contributed by atoms with Crippen molar-refractivity contribution in [2.45, 2.75) is 38.4 Å². The maximum Gasteiger partial charge on any atom is 0.0451 e. The first-order valence-electron chi connectivity index (χ1n) is 6.44. The Bertz CT molecular complexity index is 409. The van der Waals surface area contributed by atoms with Crippen molar-refractivity contribution < 1.29 is 0 Å². The summed E-state index contributed by atoms with van der Waals surface area (Å²) in [6, 6.07) is 6.84. The summed E-state index contributed by atoms with van der Waals surface area (Å²) in [4.78, 5) is 2.41. The lowest BCUT2D eigenvalue weighted by Gasteiger charge is -2.35. The molecule has 1 aliphatic heterocycles. The molecule has 0 saturated carbocycles. The number of nitrogens with zero attached hydrogens (tertiary/aromatic N) is 1. The second kappa shape index (κ2) is 6.25. The van der Waals surface area contributed by atoms with Crippen LogP contribution >= 0.6 is 23.2 Å². The number of hydrogen-bond donors (Lipinski definition) is 1. The minimum absolute atomic E-state index is 0.575. The quantitative estimate of drug-likeness (QED) is 0.914. The van der Waals surface area contributed by atoms with Gasteiger partial charge in [-0.15, -0.1) is 0 Å². The van der Waals surface area contributed by atoms with Gasteiger partial charge in [0.05, 0.1) is 0 Å². The number of likely N-dealkylation sites (tertiary alicyclic amines) is 1. The molecule has 1 aromatic rings. The van der Waals surface area contributed by atoms with Gasteiger partial charge in [-0.05, 0) is 57.1 Å². The van der Waals surface area contributed by atoms with E-state index in [9.17, 15) is 0 Å². The molecule has 1 saturated heterocycles. The fourth-order valence-corrected chi connectivity index (χ4v) is 2.79. The average Bonchev–Trinajstić information content (AvgIpc) is 2.34. The van der Waals surface area contributed by atoms with Gasteiger partial charge in [0, 0.05) is 28.7 Å². The second-order valence-electron chi connectivity index (χ2n) is 5.17. The summed E-state index contributed by atoms with van der Waals surface area (Å²) in [7, 11) is 2.19. The summed E-state index contributed by atoms with van der Waals surface area (Å²) < 4.78 is 0. The zero-order chi connectivity index (χ0) is 13.1. The molecular weight excluding hydrogens is 267 g/mol. The van der Waals surface area contributed by atoms with Gasteiger partial charge in [0.15, 0.2) is 0 Å². The highest BCUT2D eigenvalue weighted by Crippen LogP contribution is 2.21. The van der Waals surface area contributed by atoms with Crippen LogP contribution in [-0.4, -0.2) is 30.6 Å². The topological polar surface area (TPSA) is 15.3 Å². The van der Waals surface area contributed by atoms with E-state index in [-0.39, 0.29) is 0 Å². The van der Waals surface area contributed by atoms with Gasteiger partial charge in [-0.25, -0.2) is 0 Å². The molecule has 0 aliphatic carbocycles. The molecule has 0 amide bonds. The fourth-order valence-electron chi connectivity index (χ4n) is 2.41. The molecule has 1 N–H and O–H groups in total. The monoisotopic (exact) mass is 286 g/mol. The number of hydrogen-bond acceptors (Lipinski definition) is 2. The smallest absolute Gasteiger partial charge is 0.0451 e. The van der Waals surface area contributed by atoms with Crippen LogP contribution in [0.4, 0.5) is 0 Å². The molecule has 1 aliphatic rings. The summed E-state index contributed by atoms with van der Waals surface area (Å²) in [6.07, 6.45) is 2.38. The molecule has 18 heavy (non-hydrogen) atoms. The molecule has 1 fully saturated rings. The van der Waals surface area contributed by atoms with Crippen molar-refractivity contribution in [1.29, 1.82) is 0 Å². The summed E-state index contributed by atoms with van der Waals surface area (Å²) >= 11 is 12.1. The molecule has 2 atom stereocenters. The van der Waals surface area contributed by atoms with Crippen LogP contribution in [0, 0.1) is 0 Å². The zero-order valence-corrected chi connectivity index (χ0v) is 12.4. The molecule has 0 spiro atoms. The Morgan fingerprint density at radius 2 is 2.17 bits per heavy atom. The van der Waals surface area contributed by atoms with Crippen molar-refractivity contribution in [2.24, 2.45) is 0 Å². The van der Waals surface area contributed by atoms with Gasteiger partial charge in [-0.2, -0.15) is 0 Å². The summed E-state index contributed by atoms with van der Waals surface area (Å²) in [5.74, 6) is 0. The molecule has 2 unspecified atom stereocenters. The van der Waals surface area contributed by atoms with Crippen LogP contribution in [0.15, 0.2) is 18.2 Å². The van der Waals surface area contributed by atoms with Crippen molar-refractivity contribution in [1.82, 2.24) is 10.2 Å². The van der Waals surface area contributed by atoms with Crippen LogP contribution in [-0.2, 0) is 6.54 Å². The molecule has 100 valence electrons. The average molecular weight is 287 g/mol. The third-order valence-corrected chi connectivity index (χ3v) is 4.40. The lowest BCUT2D eigenvalue weighted by Crippen LogP contribution is -2.45. The summed E-state index contributed by atoms with van der Waals surface area (Å²) in [5, 5.41) is 5.12. The SMILES string of the molecule is CC1CC(NCc2cc(Cl)ccc2Cl)CCN1C. The molecule has 0 aromatic heterocycles. The number of halogens is 2. The summed E-state index contributed by atoms with van der Waals surface area (Å²) in [5.41, 5.74) is 1.08. The Hall–Kier alpha value is -0.280. The number of piperidine rings is 1. The van der Waals surface area contributed by atoms with Gasteiger partial charge < -0.3 is 10.2 Å². The van der Waals surface area contributed by atoms with Crippen LogP contribution in [0.2, 0.25) is 10.0 Å². The van der Waals surface area contributed by atoms with Crippen molar-refractivity contribution in [3.8, 4) is 0 Å². The van der Waals surface area contributed by atoms with Gasteiger partial charge in [0.1, 0.15) is 0 Å². The lowest BCUT2D eigenvalue weighted by molar-refractivity contribution is 0.168. The standard InChI is InChI=1S/C14H20Cl2N2/c1-10-7-13(5-6-18(10)2)17-9-11-8-12(15)3-4-14(11)16/h3-4,8,10,13,17H,5-7,9H2,1-2H3. The van der Waals surface area contributed by atoms with Crippen molar-refractivity contribution in [3.63, 3.8) is 0 Å². The highest BCUT2D eigenvalue weighted by atomic mass is 35.5. The third-order valence-electron chi connectivity index (χ3n) is 3.80. The predicted molar refractivity (Wildman–Crippen MR) is 78.4 cm³/mol. The highest BCUT2D eigenvalue weighted by Gasteiger charge is 2.22. The molecule has 4 heteroatoms. The molecular formula is C14H20Cl2N2. The van der Waals surface area contributed by atoms with E-state index in [2.05, 4.69) is 24.2 Å². The Morgan fingerprint density at radius 3 is 2.89 bits per heavy atom. The Kier molecular flexibility index (Phi) is 4.91. The molecule has 1 aromatic carbocycles. The molecule has 0 radical (unpaired) electrons. The third kappa shape index (κ3) is 3.61. The first-order valence-corrected chi connectivity index (χ1v) is 7.19. The maximum atomic E-state index is 6.16. The number of nitrogens with one attached hydrogen (secondary N) is 1. The highest BCUT2D eigenvalue weighted by molar-refractivity contribution is 6.33. The van der Waals surface area contributed by atoms with Crippen molar-refractivity contribution >= 4 is 23.2 Å². The van der Waals surface area contributed by atoms with Crippen LogP contribution < -0.4 is 5.32 Å². The minimum Gasteiger partial charge on any atom is -0.310 e. The van der Waals surface area contributed by atoms with Gasteiger partial charge in [-0.3, -0.25) is 0 Å². The predicted octanol–water partition coefficient (Wildman–Crippen LogP) is 3.57. The molecule has 2 rings (SSSR count). The Balaban J connectivity index is 1.90. The van der Waals surface area contributed by atoms with E-state index in [4.69, 9.17) is 23.2 Å². The Morgan fingerprint density at radius 1 is 1.39 bits per heavy atom. The van der Waals surface area contributed by atoms with Gasteiger partial charge in [-0.1, -0.05) is 23.2 Å². The first kappa shape index (κ1) is 14.1. The van der Waals surface area contributed by atoms with Crippen LogP contribution in [0.3, 0.4) is 0 Å². The summed E-state index contributed by atoms with van der Waals surface area (Å²) in [6.45, 7) is 4.23. The minimum atomic E-state index is 0.575. The molecule has 1 heterocycles. The van der Waals surface area contributed by atoms with E-state index in [0.717, 1.165) is 28.7 Å². The van der Waals surface area contributed by atoms with E-state index in [0.29, 0.717) is 12.1 Å². The van der Waals surface area contributed by atoms with Gasteiger partial charge >= 0.3 is 0 Å². The van der Waals surface area contributed by atoms with E-state index in [1.165, 1.54) is 12.8 Å². The Labute approximate surface area is 119 Å². The van der Waals surface area contributed by atoms with E-state index < -0.39 is 0 Å². The van der Waals surface area contributed by atoms with Crippen LogP contribution in [0.5, 0.6) is 0 Å². The van der Waals surface area contributed by atoms with Gasteiger partial charge in [0.2, 0.25) is 0 Å². The largest absolute Gasteiger partial charge is 0.310 e. The van der Waals surface area contributed by atoms with Crippen LogP contribution in [0.25, 0.3) is 0 Å². The van der Waals surface area contributed by atoms with Crippen LogP contribution in [0.1, 0.15) is 25.3 Å². The fraction of sp³-hybridized carbons (Fsp3) is 0.571. The van der Waals surface area contributed by atoms with E-state index >= 15 is 0 Å². The van der Waals surface area contributed by atoms with Crippen molar-refractivity contribution in [3.05, 3.63) is 33.8 Å². The number of benzene rings is 1. The maximum absolute atomic E-state index is 6.16. The molecule has 0 bridgehead atoms. The van der Waals surface area contributed by atoms with E-state index in [1.54, 1.807) is 0 Å². The first-order chi connectivity index (χ1) is 8.56. The van der Waals surface area contributed by atoms with Gasteiger partial charge in [0.25, 0.3) is 0 Å². The second-order valence-corrected chi connectivity index (χ2v) is 6.01. The van der Waals surface area contributed by atoms with E-state index in [1.807, 2.05) is 18.2 Å². The molecule has 2 nitrogen and oxygen atoms in total. The normalized spacial score (nSPS) is 25.3. The zero-order valence-electron chi connectivity index (χ0n) is 10.9. The number of rotatable bonds is 3. The lowest BCUT2D eigenvalue weighted by atomic mass is 9.99.